The summed E-state index contributed by atoms with van der Waals surface area (Å²) in [6.45, 7) is 4.25. The van der Waals surface area contributed by atoms with Gasteiger partial charge in [-0.2, -0.15) is 5.26 Å². The van der Waals surface area contributed by atoms with Crippen LogP contribution < -0.4 is 4.90 Å². The van der Waals surface area contributed by atoms with Crippen LogP contribution in [0, 0.1) is 17.1 Å². The summed E-state index contributed by atoms with van der Waals surface area (Å²) in [6, 6.07) is 6.70. The molecule has 1 unspecified atom stereocenters. The van der Waals surface area contributed by atoms with E-state index in [0.29, 0.717) is 12.2 Å². The first-order chi connectivity index (χ1) is 8.76. The van der Waals surface area contributed by atoms with Gasteiger partial charge in [-0.3, -0.25) is 0 Å². The van der Waals surface area contributed by atoms with Crippen LogP contribution in [0.5, 0.6) is 0 Å². The summed E-state index contributed by atoms with van der Waals surface area (Å²) in [7, 11) is 0. The highest BCUT2D eigenvalue weighted by Crippen LogP contribution is 2.24. The lowest BCUT2D eigenvalue weighted by atomic mass is 10.1. The molecule has 0 N–H and O–H groups in total. The zero-order chi connectivity index (χ0) is 13.0. The summed E-state index contributed by atoms with van der Waals surface area (Å²) in [5, 5.41) is 9.06. The van der Waals surface area contributed by atoms with Crippen LogP contribution in [0.4, 0.5) is 10.1 Å². The highest BCUT2D eigenvalue weighted by Gasteiger charge is 2.21. The third kappa shape index (κ3) is 2.62. The van der Waals surface area contributed by atoms with Gasteiger partial charge in [0.25, 0.3) is 0 Å². The van der Waals surface area contributed by atoms with Crippen LogP contribution in [-0.2, 0) is 4.74 Å². The Balaban J connectivity index is 2.21. The van der Waals surface area contributed by atoms with Crippen LogP contribution in [0.25, 0.3) is 0 Å². The van der Waals surface area contributed by atoms with Crippen LogP contribution in [0.2, 0.25) is 0 Å². The Kier molecular flexibility index (Phi) is 4.16. The van der Waals surface area contributed by atoms with Crippen molar-refractivity contribution in [3.63, 3.8) is 0 Å². The smallest absolute Gasteiger partial charge is 0.143 e. The highest BCUT2D eigenvalue weighted by atomic mass is 19.1. The van der Waals surface area contributed by atoms with Gasteiger partial charge in [0.15, 0.2) is 0 Å². The highest BCUT2D eigenvalue weighted by molar-refractivity contribution is 5.59. The lowest BCUT2D eigenvalue weighted by molar-refractivity contribution is 0.115. The van der Waals surface area contributed by atoms with E-state index in [1.54, 1.807) is 12.1 Å². The number of benzene rings is 1. The van der Waals surface area contributed by atoms with Crippen LogP contribution in [-0.4, -0.2) is 25.8 Å². The summed E-state index contributed by atoms with van der Waals surface area (Å²) >= 11 is 0. The summed E-state index contributed by atoms with van der Waals surface area (Å²) < 4.78 is 19.2. The predicted octanol–water partition coefficient (Wildman–Crippen LogP) is 2.70. The van der Waals surface area contributed by atoms with Crippen LogP contribution in [0.1, 0.15) is 25.3 Å². The molecular formula is C14H17FN2O. The van der Waals surface area contributed by atoms with Gasteiger partial charge in [-0.25, -0.2) is 4.39 Å². The molecule has 0 saturated carbocycles. The lowest BCUT2D eigenvalue weighted by Gasteiger charge is -2.26. The monoisotopic (exact) mass is 248 g/mol. The van der Waals surface area contributed by atoms with E-state index in [4.69, 9.17) is 10.00 Å². The van der Waals surface area contributed by atoms with Crippen LogP contribution >= 0.6 is 0 Å². The zero-order valence-corrected chi connectivity index (χ0v) is 10.5. The number of halogens is 1. The quantitative estimate of drug-likeness (QED) is 0.822. The van der Waals surface area contributed by atoms with Crippen molar-refractivity contribution < 1.29 is 9.13 Å². The number of nitriles is 1. The number of anilines is 1. The fourth-order valence-electron chi connectivity index (χ4n) is 2.32. The van der Waals surface area contributed by atoms with Crippen molar-refractivity contribution in [3.05, 3.63) is 29.6 Å². The molecule has 0 bridgehead atoms. The van der Waals surface area contributed by atoms with Gasteiger partial charge in [-0.1, -0.05) is 6.07 Å². The number of likely N-dealkylation sites (N-methyl/N-ethyl adjacent to an activating group) is 1. The normalized spacial score (nSPS) is 18.6. The summed E-state index contributed by atoms with van der Waals surface area (Å²) in [5.74, 6) is -0.458. The minimum atomic E-state index is -0.458. The minimum absolute atomic E-state index is 0.123. The van der Waals surface area contributed by atoms with E-state index in [1.807, 2.05) is 17.9 Å². The van der Waals surface area contributed by atoms with Gasteiger partial charge < -0.3 is 9.64 Å². The minimum Gasteiger partial charge on any atom is -0.376 e. The Morgan fingerprint density at radius 3 is 3.00 bits per heavy atom. The van der Waals surface area contributed by atoms with Crippen LogP contribution in [0.15, 0.2) is 18.2 Å². The molecule has 4 heteroatoms. The number of nitrogens with zero attached hydrogens (tertiary/aromatic N) is 2. The van der Waals surface area contributed by atoms with Gasteiger partial charge in [-0.15, -0.1) is 0 Å². The molecule has 0 amide bonds. The first kappa shape index (κ1) is 12.8. The van der Waals surface area contributed by atoms with E-state index in [1.165, 1.54) is 6.07 Å². The lowest BCUT2D eigenvalue weighted by Crippen LogP contribution is -2.32. The second kappa shape index (κ2) is 5.83. The Morgan fingerprint density at radius 1 is 1.56 bits per heavy atom. The molecule has 1 fully saturated rings. The number of ether oxygens (including phenoxy) is 1. The van der Waals surface area contributed by atoms with Gasteiger partial charge in [0.05, 0.1) is 11.8 Å². The molecule has 0 radical (unpaired) electrons. The first-order valence-corrected chi connectivity index (χ1v) is 6.31. The molecule has 2 rings (SSSR count). The molecule has 18 heavy (non-hydrogen) atoms. The number of hydrogen-bond acceptors (Lipinski definition) is 3. The zero-order valence-electron chi connectivity index (χ0n) is 10.5. The number of hydrogen-bond donors (Lipinski definition) is 0. The molecular weight excluding hydrogens is 231 g/mol. The Labute approximate surface area is 107 Å². The fourth-order valence-corrected chi connectivity index (χ4v) is 2.32. The molecule has 0 aromatic heterocycles. The SMILES string of the molecule is CCN(CC1CCCO1)c1cccc(F)c1C#N. The van der Waals surface area contributed by atoms with Crippen molar-refractivity contribution in [2.24, 2.45) is 0 Å². The fraction of sp³-hybridized carbons (Fsp3) is 0.500. The van der Waals surface area contributed by atoms with E-state index in [2.05, 4.69) is 0 Å². The first-order valence-electron chi connectivity index (χ1n) is 6.31. The summed E-state index contributed by atoms with van der Waals surface area (Å²) in [4.78, 5) is 2.01. The predicted molar refractivity (Wildman–Crippen MR) is 68.0 cm³/mol. The third-order valence-electron chi connectivity index (χ3n) is 3.27. The molecule has 0 spiro atoms. The van der Waals surface area contributed by atoms with E-state index in [-0.39, 0.29) is 11.7 Å². The molecule has 1 aliphatic heterocycles. The van der Waals surface area contributed by atoms with Gasteiger partial charge in [0.1, 0.15) is 17.4 Å². The second-order valence-corrected chi connectivity index (χ2v) is 4.42. The molecule has 96 valence electrons. The van der Waals surface area contributed by atoms with E-state index in [9.17, 15) is 4.39 Å². The maximum absolute atomic E-state index is 13.6. The van der Waals surface area contributed by atoms with Gasteiger partial charge in [0, 0.05) is 19.7 Å². The molecule has 1 aromatic rings. The molecule has 1 aromatic carbocycles. The molecule has 1 aliphatic rings. The molecule has 1 heterocycles. The molecule has 1 atom stereocenters. The molecule has 1 saturated heterocycles. The van der Waals surface area contributed by atoms with Crippen molar-refractivity contribution in [2.45, 2.75) is 25.9 Å². The van der Waals surface area contributed by atoms with Gasteiger partial charge in [0.2, 0.25) is 0 Å². The van der Waals surface area contributed by atoms with E-state index < -0.39 is 5.82 Å². The van der Waals surface area contributed by atoms with Crippen molar-refractivity contribution in [2.75, 3.05) is 24.6 Å². The van der Waals surface area contributed by atoms with Gasteiger partial charge in [-0.05, 0) is 31.9 Å². The standard InChI is InChI=1S/C14H17FN2O/c1-2-17(10-11-5-4-8-18-11)14-7-3-6-13(15)12(14)9-16/h3,6-7,11H,2,4-5,8,10H2,1H3. The average Bonchev–Trinajstić information content (AvgIpc) is 2.88. The van der Waals surface area contributed by atoms with Crippen molar-refractivity contribution in [1.82, 2.24) is 0 Å². The van der Waals surface area contributed by atoms with Crippen molar-refractivity contribution in [3.8, 4) is 6.07 Å². The largest absolute Gasteiger partial charge is 0.376 e. The molecule has 0 aliphatic carbocycles. The maximum Gasteiger partial charge on any atom is 0.143 e. The maximum atomic E-state index is 13.6. The Morgan fingerprint density at radius 2 is 2.39 bits per heavy atom. The Bertz CT molecular complexity index is 450. The summed E-state index contributed by atoms with van der Waals surface area (Å²) in [5.41, 5.74) is 0.785. The average molecular weight is 248 g/mol. The number of rotatable bonds is 4. The van der Waals surface area contributed by atoms with Crippen molar-refractivity contribution in [1.29, 1.82) is 5.26 Å². The van der Waals surface area contributed by atoms with E-state index in [0.717, 1.165) is 26.0 Å². The molecule has 3 nitrogen and oxygen atoms in total. The van der Waals surface area contributed by atoms with Gasteiger partial charge >= 0.3 is 0 Å². The third-order valence-corrected chi connectivity index (χ3v) is 3.27. The Hall–Kier alpha value is -1.60. The van der Waals surface area contributed by atoms with Crippen LogP contribution in [0.3, 0.4) is 0 Å². The van der Waals surface area contributed by atoms with Crippen molar-refractivity contribution >= 4 is 5.69 Å². The summed E-state index contributed by atoms with van der Waals surface area (Å²) in [6.07, 6.45) is 2.31. The van der Waals surface area contributed by atoms with E-state index >= 15 is 0 Å². The second-order valence-electron chi connectivity index (χ2n) is 4.42. The topological polar surface area (TPSA) is 36.3 Å².